The first-order valence-corrected chi connectivity index (χ1v) is 17.4. The van der Waals surface area contributed by atoms with E-state index in [1.807, 2.05) is 63.2 Å². The van der Waals surface area contributed by atoms with Crippen LogP contribution in [0, 0.1) is 24.7 Å². The van der Waals surface area contributed by atoms with Crippen molar-refractivity contribution < 1.29 is 33.8 Å². The molecule has 49 heavy (non-hydrogen) atoms. The molecule has 2 aromatic carbocycles. The molecular weight excluding hydrogens is 646 g/mol. The molecule has 0 bridgehead atoms. The summed E-state index contributed by atoms with van der Waals surface area (Å²) in [6.07, 6.45) is 6.26. The third kappa shape index (κ3) is 6.30. The Hall–Kier alpha value is -3.99. The van der Waals surface area contributed by atoms with Crippen LogP contribution in [0.2, 0.25) is 5.02 Å². The number of allylic oxidation sites excluding steroid dienone is 1. The summed E-state index contributed by atoms with van der Waals surface area (Å²) in [6.45, 7) is 7.40. The van der Waals surface area contributed by atoms with Crippen LogP contribution in [0.15, 0.2) is 72.8 Å². The SMILES string of the molecule is Cc1cccc(Cl)c1N1CC=C[C@]23O[C@@H]4/C=C\CCC(=O)N[C@H](C)[C@@H](c5ccccc5)OC(=O)[C@@H]4[C@H]2C(=O)N([C@@H](CO)CC(C)C)[C@@H]3C1=O. The average Bonchev–Trinajstić information content (AvgIpc) is 3.46. The van der Waals surface area contributed by atoms with E-state index in [-0.39, 0.29) is 31.4 Å². The molecule has 2 N–H and O–H groups in total. The fourth-order valence-corrected chi connectivity index (χ4v) is 8.35. The molecular formula is C38H44ClN3O7. The number of benzene rings is 2. The standard InChI is InChI=1S/C38H44ClN3O7/c1-22(2)20-26(21-43)42-34-36(46)41(32-23(3)12-10-15-27(32)39)19-11-18-38(34)31(35(42)45)30-28(49-38)16-8-9-17-29(44)40-24(4)33(48-37(30)47)25-13-6-5-7-14-25/h5-8,10-16,18,22,24,26,28,30-31,33-34,43H,9,17,19-21H2,1-4H3,(H,40,44)/b16-8-/t24-,26-,28-,30+,31+,33+,34-,38+/m1/s1. The molecule has 2 fully saturated rings. The maximum atomic E-state index is 15.0. The van der Waals surface area contributed by atoms with Gasteiger partial charge in [0, 0.05) is 13.0 Å². The minimum atomic E-state index is -1.55. The van der Waals surface area contributed by atoms with Crippen LogP contribution < -0.4 is 10.2 Å². The molecule has 0 unspecified atom stereocenters. The van der Waals surface area contributed by atoms with Crippen LogP contribution in [-0.4, -0.2) is 76.7 Å². The van der Waals surface area contributed by atoms with E-state index in [0.717, 1.165) is 5.56 Å². The van der Waals surface area contributed by atoms with Gasteiger partial charge in [0.2, 0.25) is 11.8 Å². The predicted molar refractivity (Wildman–Crippen MR) is 184 cm³/mol. The first-order valence-electron chi connectivity index (χ1n) is 17.0. The number of aliphatic hydroxyl groups is 1. The number of nitrogens with one attached hydrogen (secondary N) is 1. The largest absolute Gasteiger partial charge is 0.455 e. The van der Waals surface area contributed by atoms with Crippen molar-refractivity contribution in [3.8, 4) is 0 Å². The van der Waals surface area contributed by atoms with Crippen LogP contribution in [0.1, 0.15) is 57.3 Å². The summed E-state index contributed by atoms with van der Waals surface area (Å²) in [7, 11) is 0. The monoisotopic (exact) mass is 689 g/mol. The van der Waals surface area contributed by atoms with E-state index < -0.39 is 65.6 Å². The minimum absolute atomic E-state index is 0.0888. The predicted octanol–water partition coefficient (Wildman–Crippen LogP) is 4.68. The number of nitrogens with zero attached hydrogens (tertiary/aromatic N) is 2. The molecule has 4 aliphatic rings. The summed E-state index contributed by atoms with van der Waals surface area (Å²) in [4.78, 5) is 60.3. The highest BCUT2D eigenvalue weighted by Crippen LogP contribution is 2.54. The number of cyclic esters (lactones) is 1. The third-order valence-corrected chi connectivity index (χ3v) is 10.4. The van der Waals surface area contributed by atoms with Gasteiger partial charge in [-0.05, 0) is 49.8 Å². The van der Waals surface area contributed by atoms with Crippen molar-refractivity contribution >= 4 is 41.0 Å². The van der Waals surface area contributed by atoms with E-state index in [9.17, 15) is 24.3 Å². The Kier molecular flexibility index (Phi) is 10.0. The summed E-state index contributed by atoms with van der Waals surface area (Å²) in [5.41, 5.74) is 0.439. The maximum absolute atomic E-state index is 15.0. The molecule has 2 aromatic rings. The molecule has 0 saturated carbocycles. The Labute approximate surface area is 292 Å². The zero-order valence-electron chi connectivity index (χ0n) is 28.3. The second kappa shape index (κ2) is 14.1. The Morgan fingerprint density at radius 3 is 2.49 bits per heavy atom. The summed E-state index contributed by atoms with van der Waals surface area (Å²) >= 11 is 6.69. The highest BCUT2D eigenvalue weighted by atomic mass is 35.5. The van der Waals surface area contributed by atoms with Gasteiger partial charge in [0.15, 0.2) is 0 Å². The normalized spacial score (nSPS) is 31.6. The number of amides is 3. The average molecular weight is 690 g/mol. The molecule has 11 heteroatoms. The Bertz CT molecular complexity index is 1640. The lowest BCUT2D eigenvalue weighted by atomic mass is 9.77. The van der Waals surface area contributed by atoms with Gasteiger partial charge >= 0.3 is 5.97 Å². The highest BCUT2D eigenvalue weighted by Gasteiger charge is 2.72. The molecule has 260 valence electrons. The van der Waals surface area contributed by atoms with Crippen LogP contribution in [0.25, 0.3) is 0 Å². The Morgan fingerprint density at radius 1 is 1.04 bits per heavy atom. The van der Waals surface area contributed by atoms with E-state index in [2.05, 4.69) is 5.32 Å². The number of anilines is 1. The number of halogens is 1. The second-order valence-corrected chi connectivity index (χ2v) is 14.3. The summed E-state index contributed by atoms with van der Waals surface area (Å²) < 4.78 is 13.1. The van der Waals surface area contributed by atoms with Crippen molar-refractivity contribution in [2.75, 3.05) is 18.1 Å². The van der Waals surface area contributed by atoms with Crippen LogP contribution >= 0.6 is 11.6 Å². The summed E-state index contributed by atoms with van der Waals surface area (Å²) in [6, 6.07) is 12.1. The van der Waals surface area contributed by atoms with Crippen molar-refractivity contribution in [1.29, 1.82) is 0 Å². The number of ether oxygens (including phenoxy) is 2. The fraction of sp³-hybridized carbons (Fsp3) is 0.474. The minimum Gasteiger partial charge on any atom is -0.455 e. The molecule has 0 radical (unpaired) electrons. The van der Waals surface area contributed by atoms with Gasteiger partial charge in [-0.15, -0.1) is 0 Å². The first-order chi connectivity index (χ1) is 23.5. The lowest BCUT2D eigenvalue weighted by Crippen LogP contribution is -2.58. The van der Waals surface area contributed by atoms with Crippen molar-refractivity contribution in [3.63, 3.8) is 0 Å². The van der Waals surface area contributed by atoms with Crippen molar-refractivity contribution in [2.45, 2.75) is 82.9 Å². The maximum Gasteiger partial charge on any atom is 0.313 e. The van der Waals surface area contributed by atoms with Gasteiger partial charge in [-0.1, -0.05) is 92.2 Å². The second-order valence-electron chi connectivity index (χ2n) is 13.9. The molecule has 6 rings (SSSR count). The van der Waals surface area contributed by atoms with Gasteiger partial charge < -0.3 is 29.7 Å². The molecule has 0 aromatic heterocycles. The van der Waals surface area contributed by atoms with Crippen LogP contribution in [0.4, 0.5) is 5.69 Å². The van der Waals surface area contributed by atoms with E-state index in [4.69, 9.17) is 21.1 Å². The Morgan fingerprint density at radius 2 is 1.80 bits per heavy atom. The van der Waals surface area contributed by atoms with Gasteiger partial charge in [0.05, 0.1) is 41.4 Å². The number of aryl methyl sites for hydroxylation is 1. The number of carbonyl (C=O) groups is 4. The number of carbonyl (C=O) groups excluding carboxylic acids is 4. The Balaban J connectivity index is 1.49. The molecule has 2 saturated heterocycles. The number of likely N-dealkylation sites (tertiary alicyclic amines) is 1. The number of esters is 1. The van der Waals surface area contributed by atoms with E-state index in [1.54, 1.807) is 42.2 Å². The zero-order chi connectivity index (χ0) is 35.0. The molecule has 10 nitrogen and oxygen atoms in total. The molecule has 3 amide bonds. The van der Waals surface area contributed by atoms with Gasteiger partial charge in [-0.2, -0.15) is 0 Å². The number of hydrogen-bond acceptors (Lipinski definition) is 7. The lowest BCUT2D eigenvalue weighted by molar-refractivity contribution is -0.162. The van der Waals surface area contributed by atoms with E-state index >= 15 is 0 Å². The zero-order valence-corrected chi connectivity index (χ0v) is 29.0. The van der Waals surface area contributed by atoms with Crippen LogP contribution in [-0.2, 0) is 28.7 Å². The number of rotatable bonds is 6. The molecule has 1 spiro atoms. The number of para-hydroxylation sites is 1. The van der Waals surface area contributed by atoms with E-state index in [0.29, 0.717) is 29.1 Å². The molecule has 0 aliphatic carbocycles. The lowest BCUT2D eigenvalue weighted by Gasteiger charge is -2.39. The molecule has 4 heterocycles. The highest BCUT2D eigenvalue weighted by molar-refractivity contribution is 6.34. The molecule has 4 aliphatic heterocycles. The van der Waals surface area contributed by atoms with Crippen molar-refractivity contribution in [2.24, 2.45) is 17.8 Å². The topological polar surface area (TPSA) is 125 Å². The number of hydrogen-bond donors (Lipinski definition) is 2. The first kappa shape index (κ1) is 34.9. The van der Waals surface area contributed by atoms with Crippen molar-refractivity contribution in [3.05, 3.63) is 89.0 Å². The summed E-state index contributed by atoms with van der Waals surface area (Å²) in [5.74, 6) is -3.89. The van der Waals surface area contributed by atoms with Crippen LogP contribution in [0.5, 0.6) is 0 Å². The van der Waals surface area contributed by atoms with E-state index in [1.165, 1.54) is 4.90 Å². The van der Waals surface area contributed by atoms with Gasteiger partial charge in [-0.3, -0.25) is 19.2 Å². The smallest absolute Gasteiger partial charge is 0.313 e. The van der Waals surface area contributed by atoms with Gasteiger partial charge in [-0.25, -0.2) is 0 Å². The fourth-order valence-electron chi connectivity index (χ4n) is 8.02. The van der Waals surface area contributed by atoms with Gasteiger partial charge in [0.1, 0.15) is 23.7 Å². The third-order valence-electron chi connectivity index (χ3n) is 10.1. The quantitative estimate of drug-likeness (QED) is 0.334. The van der Waals surface area contributed by atoms with Gasteiger partial charge in [0.25, 0.3) is 5.91 Å². The molecule has 8 atom stereocenters. The summed E-state index contributed by atoms with van der Waals surface area (Å²) in [5, 5.41) is 14.0. The number of fused-ring (bicyclic) bond motifs is 2. The van der Waals surface area contributed by atoms with Crippen molar-refractivity contribution in [1.82, 2.24) is 10.2 Å². The number of aliphatic hydroxyl groups excluding tert-OH is 1. The van der Waals surface area contributed by atoms with Crippen LogP contribution in [0.3, 0.4) is 0 Å².